The largest absolute Gasteiger partial charge is 0.497 e. The Morgan fingerprint density at radius 1 is 0.733 bits per heavy atom. The van der Waals surface area contributed by atoms with Crippen molar-refractivity contribution in [3.63, 3.8) is 0 Å². The first-order chi connectivity index (χ1) is 14.7. The van der Waals surface area contributed by atoms with Gasteiger partial charge in [-0.2, -0.15) is 0 Å². The van der Waals surface area contributed by atoms with Crippen LogP contribution in [0.25, 0.3) is 0 Å². The van der Waals surface area contributed by atoms with E-state index in [9.17, 15) is 0 Å². The topological polar surface area (TPSA) is 40.2 Å². The van der Waals surface area contributed by atoms with Gasteiger partial charge in [0.05, 0.1) is 14.2 Å². The summed E-state index contributed by atoms with van der Waals surface area (Å²) in [6.07, 6.45) is 0.921. The molecule has 5 nitrogen and oxygen atoms in total. The van der Waals surface area contributed by atoms with Crippen LogP contribution in [0.4, 0.5) is 0 Å². The lowest BCUT2D eigenvalue weighted by molar-refractivity contribution is 0.174. The third-order valence-electron chi connectivity index (χ3n) is 5.23. The lowest BCUT2D eigenvalue weighted by Crippen LogP contribution is -2.25. The summed E-state index contributed by atoms with van der Waals surface area (Å²) >= 11 is 0. The lowest BCUT2D eigenvalue weighted by atomic mass is 10.1. The van der Waals surface area contributed by atoms with Crippen molar-refractivity contribution in [2.45, 2.75) is 19.5 Å². The molecule has 0 saturated heterocycles. The van der Waals surface area contributed by atoms with Crippen LogP contribution < -0.4 is 18.9 Å². The van der Waals surface area contributed by atoms with Gasteiger partial charge in [0.15, 0.2) is 11.5 Å². The van der Waals surface area contributed by atoms with Gasteiger partial charge in [0.1, 0.15) is 11.5 Å². The predicted octanol–water partition coefficient (Wildman–Crippen LogP) is 4.68. The van der Waals surface area contributed by atoms with Crippen LogP contribution in [-0.2, 0) is 19.5 Å². The van der Waals surface area contributed by atoms with Gasteiger partial charge in [-0.05, 0) is 59.5 Å². The molecule has 1 heterocycles. The molecule has 1 aliphatic rings. The van der Waals surface area contributed by atoms with Gasteiger partial charge in [0.2, 0.25) is 6.79 Å². The first-order valence-electron chi connectivity index (χ1n) is 10.1. The molecule has 5 heteroatoms. The summed E-state index contributed by atoms with van der Waals surface area (Å²) in [4.78, 5) is 2.44. The zero-order valence-electron chi connectivity index (χ0n) is 17.5. The minimum atomic E-state index is 0.302. The number of hydrogen-bond donors (Lipinski definition) is 0. The van der Waals surface area contributed by atoms with Crippen molar-refractivity contribution in [1.82, 2.24) is 4.90 Å². The van der Waals surface area contributed by atoms with Crippen LogP contribution in [0.5, 0.6) is 23.0 Å². The number of methoxy groups -OCH3 is 2. The number of benzene rings is 3. The summed E-state index contributed by atoms with van der Waals surface area (Å²) in [5.41, 5.74) is 3.69. The highest BCUT2D eigenvalue weighted by molar-refractivity contribution is 5.44. The molecule has 0 N–H and O–H groups in total. The van der Waals surface area contributed by atoms with Gasteiger partial charge >= 0.3 is 0 Å². The van der Waals surface area contributed by atoms with Gasteiger partial charge in [-0.15, -0.1) is 0 Å². The van der Waals surface area contributed by atoms with Gasteiger partial charge in [-0.1, -0.05) is 30.3 Å². The monoisotopic (exact) mass is 405 g/mol. The first kappa shape index (κ1) is 20.1. The summed E-state index contributed by atoms with van der Waals surface area (Å²) in [6, 6.07) is 22.7. The molecule has 1 aliphatic heterocycles. The quantitative estimate of drug-likeness (QED) is 0.517. The van der Waals surface area contributed by atoms with Crippen LogP contribution in [0.2, 0.25) is 0 Å². The highest BCUT2D eigenvalue weighted by Crippen LogP contribution is 2.32. The van der Waals surface area contributed by atoms with Gasteiger partial charge in [0, 0.05) is 19.6 Å². The minimum absolute atomic E-state index is 0.302. The molecule has 0 unspecified atom stereocenters. The molecule has 30 heavy (non-hydrogen) atoms. The smallest absolute Gasteiger partial charge is 0.231 e. The van der Waals surface area contributed by atoms with Crippen LogP contribution in [0.3, 0.4) is 0 Å². The van der Waals surface area contributed by atoms with Crippen LogP contribution >= 0.6 is 0 Å². The minimum Gasteiger partial charge on any atom is -0.497 e. The van der Waals surface area contributed by atoms with E-state index in [-0.39, 0.29) is 0 Å². The van der Waals surface area contributed by atoms with E-state index in [2.05, 4.69) is 41.3 Å². The number of nitrogens with zero attached hydrogens (tertiary/aromatic N) is 1. The van der Waals surface area contributed by atoms with E-state index in [1.807, 2.05) is 30.3 Å². The molecule has 0 saturated carbocycles. The van der Waals surface area contributed by atoms with E-state index in [1.165, 1.54) is 16.7 Å². The molecule has 4 rings (SSSR count). The SMILES string of the molecule is COc1cccc(CN(CCc2ccc3c(c2)OCO3)Cc2cccc(OC)c2)c1. The maximum atomic E-state index is 5.52. The maximum absolute atomic E-state index is 5.52. The fourth-order valence-electron chi connectivity index (χ4n) is 3.66. The summed E-state index contributed by atoms with van der Waals surface area (Å²) < 4.78 is 21.7. The maximum Gasteiger partial charge on any atom is 0.231 e. The van der Waals surface area contributed by atoms with Crippen molar-refractivity contribution in [3.05, 3.63) is 83.4 Å². The van der Waals surface area contributed by atoms with E-state index in [1.54, 1.807) is 14.2 Å². The summed E-state index contributed by atoms with van der Waals surface area (Å²) in [5, 5.41) is 0. The van der Waals surface area contributed by atoms with Crippen molar-refractivity contribution in [2.24, 2.45) is 0 Å². The molecule has 0 fully saturated rings. The van der Waals surface area contributed by atoms with Crippen LogP contribution in [-0.4, -0.2) is 32.5 Å². The van der Waals surface area contributed by atoms with E-state index in [0.29, 0.717) is 6.79 Å². The number of rotatable bonds is 9. The second-order valence-electron chi connectivity index (χ2n) is 7.35. The molecule has 0 atom stereocenters. The molecule has 3 aromatic rings. The first-order valence-corrected chi connectivity index (χ1v) is 10.1. The molecule has 0 amide bonds. The lowest BCUT2D eigenvalue weighted by Gasteiger charge is -2.23. The van der Waals surface area contributed by atoms with E-state index >= 15 is 0 Å². The molecular weight excluding hydrogens is 378 g/mol. The predicted molar refractivity (Wildman–Crippen MR) is 116 cm³/mol. The third-order valence-corrected chi connectivity index (χ3v) is 5.23. The molecule has 0 radical (unpaired) electrons. The summed E-state index contributed by atoms with van der Waals surface area (Å²) in [7, 11) is 3.40. The zero-order valence-corrected chi connectivity index (χ0v) is 17.5. The Hall–Kier alpha value is -3.18. The van der Waals surface area contributed by atoms with E-state index < -0.39 is 0 Å². The van der Waals surface area contributed by atoms with Gasteiger partial charge in [0.25, 0.3) is 0 Å². The van der Waals surface area contributed by atoms with Crippen molar-refractivity contribution in [3.8, 4) is 23.0 Å². The Balaban J connectivity index is 1.49. The average Bonchev–Trinajstić information content (AvgIpc) is 3.25. The second-order valence-corrected chi connectivity index (χ2v) is 7.35. The van der Waals surface area contributed by atoms with E-state index in [4.69, 9.17) is 18.9 Å². The fraction of sp³-hybridized carbons (Fsp3) is 0.280. The second kappa shape index (κ2) is 9.55. The van der Waals surface area contributed by atoms with Gasteiger partial charge < -0.3 is 18.9 Å². The zero-order chi connectivity index (χ0) is 20.8. The average molecular weight is 405 g/mol. The van der Waals surface area contributed by atoms with Crippen LogP contribution in [0.15, 0.2) is 66.7 Å². The summed E-state index contributed by atoms with van der Waals surface area (Å²) in [5.74, 6) is 3.41. The molecule has 3 aromatic carbocycles. The normalized spacial score (nSPS) is 12.2. The van der Waals surface area contributed by atoms with Crippen molar-refractivity contribution in [1.29, 1.82) is 0 Å². The highest BCUT2D eigenvalue weighted by Gasteiger charge is 2.14. The standard InChI is InChI=1S/C25H27NO4/c1-27-22-7-3-5-20(13-22)16-26(17-21-6-4-8-23(14-21)28-2)12-11-19-9-10-24-25(15-19)30-18-29-24/h3-10,13-15H,11-12,16-18H2,1-2H3. The molecule has 0 aromatic heterocycles. The van der Waals surface area contributed by atoms with Crippen molar-refractivity contribution in [2.75, 3.05) is 27.6 Å². The molecule has 0 spiro atoms. The number of hydrogen-bond acceptors (Lipinski definition) is 5. The Morgan fingerprint density at radius 3 is 2.00 bits per heavy atom. The molecular formula is C25H27NO4. The summed E-state index contributed by atoms with van der Waals surface area (Å²) in [6.45, 7) is 2.88. The Kier molecular flexibility index (Phi) is 6.40. The van der Waals surface area contributed by atoms with Gasteiger partial charge in [-0.25, -0.2) is 0 Å². The number of fused-ring (bicyclic) bond motifs is 1. The van der Waals surface area contributed by atoms with Crippen molar-refractivity contribution < 1.29 is 18.9 Å². The van der Waals surface area contributed by atoms with Gasteiger partial charge in [-0.3, -0.25) is 4.90 Å². The molecule has 156 valence electrons. The van der Waals surface area contributed by atoms with Crippen LogP contribution in [0, 0.1) is 0 Å². The Morgan fingerprint density at radius 2 is 1.37 bits per heavy atom. The fourth-order valence-corrected chi connectivity index (χ4v) is 3.66. The third kappa shape index (κ3) is 5.05. The molecule has 0 bridgehead atoms. The highest BCUT2D eigenvalue weighted by atomic mass is 16.7. The Labute approximate surface area is 177 Å². The van der Waals surface area contributed by atoms with E-state index in [0.717, 1.165) is 49.1 Å². The number of ether oxygens (including phenoxy) is 4. The Bertz CT molecular complexity index is 939. The molecule has 0 aliphatic carbocycles. The van der Waals surface area contributed by atoms with Crippen LogP contribution in [0.1, 0.15) is 16.7 Å². The van der Waals surface area contributed by atoms with Crippen molar-refractivity contribution >= 4 is 0 Å².